The van der Waals surface area contributed by atoms with Gasteiger partial charge < -0.3 is 10.4 Å². The zero-order chi connectivity index (χ0) is 14.9. The van der Waals surface area contributed by atoms with Gasteiger partial charge >= 0.3 is 0 Å². The predicted molar refractivity (Wildman–Crippen MR) is 77.5 cm³/mol. The summed E-state index contributed by atoms with van der Waals surface area (Å²) in [6.07, 6.45) is 0. The second-order valence-corrected chi connectivity index (χ2v) is 5.12. The highest BCUT2D eigenvalue weighted by molar-refractivity contribution is 6.35. The normalized spacial score (nSPS) is 10.4. The minimum Gasteiger partial charge on any atom is -0.507 e. The van der Waals surface area contributed by atoms with Crippen molar-refractivity contribution in [2.45, 2.75) is 0 Å². The molecule has 0 aliphatic rings. The van der Waals surface area contributed by atoms with Crippen molar-refractivity contribution < 1.29 is 14.3 Å². The van der Waals surface area contributed by atoms with E-state index in [1.807, 2.05) is 0 Å². The van der Waals surface area contributed by atoms with E-state index in [1.54, 1.807) is 0 Å². The Morgan fingerprint density at radius 3 is 2.30 bits per heavy atom. The highest BCUT2D eigenvalue weighted by Gasteiger charge is 2.14. The van der Waals surface area contributed by atoms with Crippen molar-refractivity contribution in [3.63, 3.8) is 0 Å². The molecular formula is C13H7Cl3FNO2. The molecule has 2 N–H and O–H groups in total. The molecule has 0 saturated heterocycles. The van der Waals surface area contributed by atoms with Gasteiger partial charge in [0.1, 0.15) is 5.75 Å². The Hall–Kier alpha value is -1.49. The van der Waals surface area contributed by atoms with Gasteiger partial charge in [0.05, 0.1) is 15.6 Å². The Balaban J connectivity index is 2.30. The molecule has 0 aliphatic heterocycles. The van der Waals surface area contributed by atoms with Crippen molar-refractivity contribution in [1.82, 2.24) is 0 Å². The Labute approximate surface area is 128 Å². The highest BCUT2D eigenvalue weighted by Crippen LogP contribution is 2.28. The molecular weight excluding hydrogens is 328 g/mol. The molecule has 0 aliphatic carbocycles. The van der Waals surface area contributed by atoms with Gasteiger partial charge in [-0.25, -0.2) is 4.39 Å². The molecule has 0 heterocycles. The fraction of sp³-hybridized carbons (Fsp3) is 0. The van der Waals surface area contributed by atoms with Gasteiger partial charge in [-0.2, -0.15) is 0 Å². The van der Waals surface area contributed by atoms with Gasteiger partial charge in [0, 0.05) is 10.7 Å². The van der Waals surface area contributed by atoms with Crippen LogP contribution in [-0.4, -0.2) is 11.0 Å². The van der Waals surface area contributed by atoms with Crippen molar-refractivity contribution in [3.05, 3.63) is 56.8 Å². The summed E-state index contributed by atoms with van der Waals surface area (Å²) in [4.78, 5) is 12.0. The maximum absolute atomic E-state index is 13.3. The van der Waals surface area contributed by atoms with E-state index < -0.39 is 11.7 Å². The van der Waals surface area contributed by atoms with E-state index in [9.17, 15) is 14.3 Å². The van der Waals surface area contributed by atoms with Crippen LogP contribution in [0.25, 0.3) is 0 Å². The van der Waals surface area contributed by atoms with Crippen LogP contribution in [0.5, 0.6) is 5.75 Å². The van der Waals surface area contributed by atoms with Crippen molar-refractivity contribution in [3.8, 4) is 5.75 Å². The van der Waals surface area contributed by atoms with Crippen LogP contribution < -0.4 is 5.32 Å². The molecule has 7 heteroatoms. The number of nitrogens with one attached hydrogen (secondary N) is 1. The van der Waals surface area contributed by atoms with E-state index in [4.69, 9.17) is 34.8 Å². The Morgan fingerprint density at radius 2 is 1.70 bits per heavy atom. The first-order valence-electron chi connectivity index (χ1n) is 5.33. The van der Waals surface area contributed by atoms with Gasteiger partial charge in [-0.15, -0.1) is 0 Å². The first-order valence-corrected chi connectivity index (χ1v) is 6.46. The topological polar surface area (TPSA) is 49.3 Å². The van der Waals surface area contributed by atoms with Gasteiger partial charge in [0.2, 0.25) is 0 Å². The number of phenolic OH excluding ortho intramolecular Hbond substituents is 1. The van der Waals surface area contributed by atoms with Crippen LogP contribution in [-0.2, 0) is 0 Å². The standard InChI is InChI=1S/C13H7Cl3FNO2/c14-6-1-2-11(19)8(3-6)13(20)18-7-4-9(15)12(17)10(16)5-7/h1-5,19H,(H,18,20). The largest absolute Gasteiger partial charge is 0.507 e. The summed E-state index contributed by atoms with van der Waals surface area (Å²) in [7, 11) is 0. The van der Waals surface area contributed by atoms with E-state index in [1.165, 1.54) is 30.3 Å². The minimum absolute atomic E-state index is 0.0194. The number of aromatic hydroxyl groups is 1. The summed E-state index contributed by atoms with van der Waals surface area (Å²) < 4.78 is 13.3. The number of benzene rings is 2. The fourth-order valence-corrected chi connectivity index (χ4v) is 2.18. The molecule has 0 aromatic heterocycles. The van der Waals surface area contributed by atoms with Crippen molar-refractivity contribution in [1.29, 1.82) is 0 Å². The highest BCUT2D eigenvalue weighted by atomic mass is 35.5. The Morgan fingerprint density at radius 1 is 1.10 bits per heavy atom. The lowest BCUT2D eigenvalue weighted by molar-refractivity contribution is 0.102. The monoisotopic (exact) mass is 333 g/mol. The van der Waals surface area contributed by atoms with Crippen LogP contribution in [0.4, 0.5) is 10.1 Å². The lowest BCUT2D eigenvalue weighted by atomic mass is 10.2. The number of carbonyl (C=O) groups excluding carboxylic acids is 1. The van der Waals surface area contributed by atoms with E-state index in [-0.39, 0.29) is 27.0 Å². The van der Waals surface area contributed by atoms with Crippen LogP contribution in [0.2, 0.25) is 15.1 Å². The number of phenols is 1. The molecule has 2 rings (SSSR count). The number of carbonyl (C=O) groups is 1. The fourth-order valence-electron chi connectivity index (χ4n) is 1.52. The summed E-state index contributed by atoms with van der Waals surface area (Å²) >= 11 is 17.0. The summed E-state index contributed by atoms with van der Waals surface area (Å²) in [5.41, 5.74) is 0.180. The van der Waals surface area contributed by atoms with Gasteiger partial charge in [-0.05, 0) is 30.3 Å². The van der Waals surface area contributed by atoms with Crippen molar-refractivity contribution in [2.24, 2.45) is 0 Å². The molecule has 0 saturated carbocycles. The second-order valence-electron chi connectivity index (χ2n) is 3.87. The molecule has 0 bridgehead atoms. The molecule has 2 aromatic carbocycles. The molecule has 0 radical (unpaired) electrons. The Kier molecular flexibility index (Phi) is 4.38. The molecule has 0 atom stereocenters. The van der Waals surface area contributed by atoms with Crippen LogP contribution >= 0.6 is 34.8 Å². The predicted octanol–water partition coefficient (Wildman–Crippen LogP) is 4.74. The average molecular weight is 335 g/mol. The third-order valence-electron chi connectivity index (χ3n) is 2.44. The van der Waals surface area contributed by atoms with E-state index in [0.29, 0.717) is 5.02 Å². The molecule has 0 unspecified atom stereocenters. The van der Waals surface area contributed by atoms with Crippen molar-refractivity contribution in [2.75, 3.05) is 5.32 Å². The van der Waals surface area contributed by atoms with Gasteiger partial charge in [0.15, 0.2) is 5.82 Å². The Bertz CT molecular complexity index is 668. The zero-order valence-corrected chi connectivity index (χ0v) is 12.0. The molecule has 0 spiro atoms. The first-order chi connectivity index (χ1) is 9.38. The minimum atomic E-state index is -0.767. The lowest BCUT2D eigenvalue weighted by Gasteiger charge is -2.08. The molecule has 104 valence electrons. The van der Waals surface area contributed by atoms with Gasteiger partial charge in [0.25, 0.3) is 5.91 Å². The summed E-state index contributed by atoms with van der Waals surface area (Å²) in [6.45, 7) is 0. The number of hydrogen-bond acceptors (Lipinski definition) is 2. The van der Waals surface area contributed by atoms with E-state index in [2.05, 4.69) is 5.32 Å². The average Bonchev–Trinajstić information content (AvgIpc) is 2.38. The quantitative estimate of drug-likeness (QED) is 0.779. The first kappa shape index (κ1) is 14.9. The number of amides is 1. The van der Waals surface area contributed by atoms with Gasteiger partial charge in [-0.1, -0.05) is 34.8 Å². The molecule has 20 heavy (non-hydrogen) atoms. The molecule has 2 aromatic rings. The molecule has 3 nitrogen and oxygen atoms in total. The maximum atomic E-state index is 13.3. The number of halogens is 4. The number of rotatable bonds is 2. The number of anilines is 1. The molecule has 0 fully saturated rings. The SMILES string of the molecule is O=C(Nc1cc(Cl)c(F)c(Cl)c1)c1cc(Cl)ccc1O. The maximum Gasteiger partial charge on any atom is 0.259 e. The smallest absolute Gasteiger partial charge is 0.259 e. The molecule has 1 amide bonds. The summed E-state index contributed by atoms with van der Waals surface area (Å²) in [5, 5.41) is 11.9. The third kappa shape index (κ3) is 3.15. The van der Waals surface area contributed by atoms with Crippen molar-refractivity contribution >= 4 is 46.4 Å². The summed E-state index contributed by atoms with van der Waals surface area (Å²) in [6, 6.07) is 6.46. The van der Waals surface area contributed by atoms with E-state index in [0.717, 1.165) is 0 Å². The van der Waals surface area contributed by atoms with Crippen LogP contribution in [0, 0.1) is 5.82 Å². The van der Waals surface area contributed by atoms with Crippen LogP contribution in [0.3, 0.4) is 0 Å². The lowest BCUT2D eigenvalue weighted by Crippen LogP contribution is -2.12. The van der Waals surface area contributed by atoms with Gasteiger partial charge in [-0.3, -0.25) is 4.79 Å². The van der Waals surface area contributed by atoms with Crippen LogP contribution in [0.15, 0.2) is 30.3 Å². The third-order valence-corrected chi connectivity index (χ3v) is 3.23. The second kappa shape index (κ2) is 5.87. The summed E-state index contributed by atoms with van der Waals surface area (Å²) in [5.74, 6) is -1.62. The van der Waals surface area contributed by atoms with E-state index >= 15 is 0 Å². The zero-order valence-electron chi connectivity index (χ0n) is 9.75. The van der Waals surface area contributed by atoms with Crippen LogP contribution in [0.1, 0.15) is 10.4 Å². The number of hydrogen-bond donors (Lipinski definition) is 2.